The van der Waals surface area contributed by atoms with Crippen molar-refractivity contribution in [1.29, 1.82) is 0 Å². The van der Waals surface area contributed by atoms with Crippen molar-refractivity contribution in [2.24, 2.45) is 5.92 Å². The Hall–Kier alpha value is -5.04. The number of carbonyl (C=O) groups excluding carboxylic acids is 3. The van der Waals surface area contributed by atoms with Crippen LogP contribution in [0.1, 0.15) is 40.4 Å². The fourth-order valence-electron chi connectivity index (χ4n) is 7.85. The number of carbonyl (C=O) groups is 3. The highest BCUT2D eigenvalue weighted by Crippen LogP contribution is 2.60. The number of rotatable bonds is 13. The zero-order valence-electron chi connectivity index (χ0n) is 30.7. The maximum Gasteiger partial charge on any atom is 0.264 e. The summed E-state index contributed by atoms with van der Waals surface area (Å²) in [5.74, 6) is -0.317. The number of hydrogen-bond donors (Lipinski definition) is 2. The number of aliphatic hydroxyl groups excluding tert-OH is 1. The second-order valence-electron chi connectivity index (χ2n) is 14.2. The van der Waals surface area contributed by atoms with Crippen LogP contribution in [0.5, 0.6) is 11.5 Å². The molecule has 0 bridgehead atoms. The molecule has 10 nitrogen and oxygen atoms in total. The van der Waals surface area contributed by atoms with Crippen molar-refractivity contribution in [3.8, 4) is 11.5 Å². The molecule has 2 heterocycles. The van der Waals surface area contributed by atoms with Crippen LogP contribution in [0.25, 0.3) is 0 Å². The highest BCUT2D eigenvalue weighted by atomic mass is 28.4. The van der Waals surface area contributed by atoms with Crippen molar-refractivity contribution in [1.82, 2.24) is 4.90 Å². The summed E-state index contributed by atoms with van der Waals surface area (Å²) >= 11 is 0. The molecule has 278 valence electrons. The Bertz CT molecular complexity index is 1940. The van der Waals surface area contributed by atoms with E-state index in [0.29, 0.717) is 34.0 Å². The van der Waals surface area contributed by atoms with E-state index in [1.54, 1.807) is 85.6 Å². The summed E-state index contributed by atoms with van der Waals surface area (Å²) in [7, 11) is -0.438. The quantitative estimate of drug-likeness (QED) is 0.116. The molecule has 4 aromatic carbocycles. The third-order valence-corrected chi connectivity index (χ3v) is 12.8. The van der Waals surface area contributed by atoms with E-state index < -0.39 is 31.6 Å². The number of aliphatic hydroxyl groups is 1. The van der Waals surface area contributed by atoms with Crippen LogP contribution >= 0.6 is 0 Å². The molecule has 0 aromatic heterocycles. The second kappa shape index (κ2) is 15.5. The zero-order chi connectivity index (χ0) is 37.9. The summed E-state index contributed by atoms with van der Waals surface area (Å²) in [6, 6.07) is 28.9. The minimum absolute atomic E-state index is 0.110. The number of benzene rings is 4. The predicted molar refractivity (Wildman–Crippen MR) is 203 cm³/mol. The maximum atomic E-state index is 16.4. The van der Waals surface area contributed by atoms with E-state index in [9.17, 15) is 19.5 Å². The number of nitrogens with zero attached hydrogens (tertiary/aromatic N) is 2. The van der Waals surface area contributed by atoms with Crippen LogP contribution in [0.2, 0.25) is 18.6 Å². The van der Waals surface area contributed by atoms with E-state index in [4.69, 9.17) is 14.2 Å². The van der Waals surface area contributed by atoms with Crippen LogP contribution in [0, 0.1) is 5.92 Å². The molecular weight excluding hydrogens is 694 g/mol. The number of anilines is 2. The predicted octanol–water partition coefficient (Wildman–Crippen LogP) is 6.69. The summed E-state index contributed by atoms with van der Waals surface area (Å²) in [5.41, 5.74) is 1.73. The zero-order valence-corrected chi connectivity index (χ0v) is 31.7. The lowest BCUT2D eigenvalue weighted by atomic mass is 9.82. The molecule has 1 spiro atoms. The molecule has 0 saturated carbocycles. The van der Waals surface area contributed by atoms with Gasteiger partial charge in [0.25, 0.3) is 11.8 Å². The minimum atomic E-state index is -3.54. The Morgan fingerprint density at radius 2 is 1.60 bits per heavy atom. The van der Waals surface area contributed by atoms with Gasteiger partial charge in [-0.2, -0.15) is 0 Å². The molecular formula is C41H46FN3O7Si. The van der Waals surface area contributed by atoms with E-state index in [2.05, 4.69) is 5.32 Å². The lowest BCUT2D eigenvalue weighted by Crippen LogP contribution is -2.45. The largest absolute Gasteiger partial charge is 0.497 e. The summed E-state index contributed by atoms with van der Waals surface area (Å²) in [6.07, 6.45) is -1.02. The lowest BCUT2D eigenvalue weighted by Gasteiger charge is -2.31. The fraction of sp³-hybridized carbons (Fsp3) is 0.341. The Kier molecular flexibility index (Phi) is 11.0. The molecule has 2 N–H and O–H groups in total. The van der Waals surface area contributed by atoms with Gasteiger partial charge >= 0.3 is 0 Å². The first-order valence-corrected chi connectivity index (χ1v) is 20.7. The Labute approximate surface area is 310 Å². The van der Waals surface area contributed by atoms with E-state index in [1.165, 1.54) is 0 Å². The summed E-state index contributed by atoms with van der Waals surface area (Å²) < 4.78 is 34.0. The van der Waals surface area contributed by atoms with Gasteiger partial charge in [0.15, 0.2) is 5.60 Å². The van der Waals surface area contributed by atoms with Gasteiger partial charge in [-0.05, 0) is 78.8 Å². The summed E-state index contributed by atoms with van der Waals surface area (Å²) in [5, 5.41) is 12.7. The molecule has 3 amide bonds. The lowest BCUT2D eigenvalue weighted by molar-refractivity contribution is -0.150. The van der Waals surface area contributed by atoms with Crippen LogP contribution < -0.4 is 19.7 Å². The monoisotopic (exact) mass is 739 g/mol. The van der Waals surface area contributed by atoms with Gasteiger partial charge in [-0.25, -0.2) is 0 Å². The minimum Gasteiger partial charge on any atom is -0.497 e. The maximum absolute atomic E-state index is 16.4. The number of ether oxygens (including phenoxy) is 3. The van der Waals surface area contributed by atoms with Gasteiger partial charge in [-0.15, -0.1) is 0 Å². The molecule has 4 aromatic rings. The van der Waals surface area contributed by atoms with Crippen molar-refractivity contribution in [2.45, 2.75) is 56.8 Å². The van der Waals surface area contributed by atoms with Gasteiger partial charge in [-0.3, -0.25) is 14.4 Å². The molecule has 4 atom stereocenters. The summed E-state index contributed by atoms with van der Waals surface area (Å²) in [6.45, 7) is 5.40. The first-order chi connectivity index (χ1) is 25.4. The molecule has 2 aliphatic rings. The molecule has 0 unspecified atom stereocenters. The van der Waals surface area contributed by atoms with Crippen molar-refractivity contribution in [2.75, 3.05) is 37.6 Å². The van der Waals surface area contributed by atoms with Gasteiger partial charge in [0, 0.05) is 41.4 Å². The van der Waals surface area contributed by atoms with Crippen LogP contribution in [0.3, 0.4) is 0 Å². The van der Waals surface area contributed by atoms with E-state index >= 15 is 4.11 Å². The van der Waals surface area contributed by atoms with Crippen molar-refractivity contribution < 1.29 is 37.8 Å². The topological polar surface area (TPSA) is 118 Å². The standard InChI is InChI=1S/C41H46FN3O7Si/c1-27-38(53(4,5)42)36(24-37(47)44(21-22-46)25-28-9-7-6-8-10-28)52-41(27)34-23-33(51-3)19-20-35(34)45(40(41)49)26-29-11-15-31(16-12-29)43-39(48)30-13-17-32(50-2)18-14-30/h6-20,23,27,36,38,46H,21-22,24-26H2,1-5H3,(H,43,48)/t27-,36+,38-,41+/m0/s1. The molecule has 1 fully saturated rings. The first kappa shape index (κ1) is 37.7. The number of halogens is 1. The molecule has 0 radical (unpaired) electrons. The average molecular weight is 740 g/mol. The second-order valence-corrected chi connectivity index (χ2v) is 17.9. The number of nitrogens with one attached hydrogen (secondary N) is 1. The number of hydrogen-bond acceptors (Lipinski definition) is 7. The molecule has 53 heavy (non-hydrogen) atoms. The molecule has 2 aliphatic heterocycles. The highest BCUT2D eigenvalue weighted by Gasteiger charge is 2.67. The number of fused-ring (bicyclic) bond motifs is 2. The van der Waals surface area contributed by atoms with Crippen LogP contribution in [-0.2, 0) is 33.0 Å². The highest BCUT2D eigenvalue weighted by molar-refractivity contribution is 6.72. The van der Waals surface area contributed by atoms with Gasteiger partial charge in [0.1, 0.15) is 11.5 Å². The SMILES string of the molecule is COc1ccc(C(=O)Nc2ccc(CN3C(=O)[C@]4(O[C@H](CC(=O)N(CCO)Cc5ccccc5)[C@@H]([Si](C)(C)F)[C@@H]4C)c4cc(OC)ccc43)cc2)cc1. The van der Waals surface area contributed by atoms with Gasteiger partial charge in [0.2, 0.25) is 14.3 Å². The molecule has 1 saturated heterocycles. The van der Waals surface area contributed by atoms with Gasteiger partial charge in [0.05, 0.1) is 45.6 Å². The van der Waals surface area contributed by atoms with Crippen molar-refractivity contribution >= 4 is 37.5 Å². The smallest absolute Gasteiger partial charge is 0.264 e. The van der Waals surface area contributed by atoms with Crippen LogP contribution in [0.15, 0.2) is 97.1 Å². The third-order valence-electron chi connectivity index (χ3n) is 10.4. The van der Waals surface area contributed by atoms with Crippen LogP contribution in [-0.4, -0.2) is 69.6 Å². The summed E-state index contributed by atoms with van der Waals surface area (Å²) in [4.78, 5) is 44.8. The third kappa shape index (κ3) is 7.57. The first-order valence-electron chi connectivity index (χ1n) is 17.7. The molecule has 0 aliphatic carbocycles. The normalized spacial score (nSPS) is 20.7. The fourth-order valence-corrected chi connectivity index (χ4v) is 10.3. The Morgan fingerprint density at radius 3 is 2.23 bits per heavy atom. The Morgan fingerprint density at radius 1 is 0.943 bits per heavy atom. The van der Waals surface area contributed by atoms with E-state index in [1.807, 2.05) is 55.5 Å². The molecule has 6 rings (SSSR count). The van der Waals surface area contributed by atoms with Gasteiger partial charge < -0.3 is 38.5 Å². The van der Waals surface area contributed by atoms with Crippen molar-refractivity contribution in [3.63, 3.8) is 0 Å². The molecule has 12 heteroatoms. The van der Waals surface area contributed by atoms with E-state index in [0.717, 1.165) is 11.1 Å². The van der Waals surface area contributed by atoms with Crippen LogP contribution in [0.4, 0.5) is 15.5 Å². The number of amides is 3. The van der Waals surface area contributed by atoms with E-state index in [-0.39, 0.29) is 50.4 Å². The average Bonchev–Trinajstić information content (AvgIpc) is 3.58. The van der Waals surface area contributed by atoms with Crippen molar-refractivity contribution in [3.05, 3.63) is 119 Å². The van der Waals surface area contributed by atoms with Gasteiger partial charge in [-0.1, -0.05) is 49.4 Å². The Balaban J connectivity index is 1.27. The number of methoxy groups -OCH3 is 2.